The third kappa shape index (κ3) is 3.18. The van der Waals surface area contributed by atoms with Crippen LogP contribution in [0.15, 0.2) is 29.4 Å². The number of alkyl halides is 3. The summed E-state index contributed by atoms with van der Waals surface area (Å²) in [6, 6.07) is 4.91. The molecule has 1 N–H and O–H groups in total. The summed E-state index contributed by atoms with van der Waals surface area (Å²) >= 11 is 0. The molecule has 1 aromatic carbocycles. The van der Waals surface area contributed by atoms with E-state index in [1.807, 2.05) is 0 Å². The van der Waals surface area contributed by atoms with Gasteiger partial charge in [0.05, 0.1) is 17.3 Å². The number of nitro groups is 1. The summed E-state index contributed by atoms with van der Waals surface area (Å²) in [7, 11) is 0. The van der Waals surface area contributed by atoms with Gasteiger partial charge < -0.3 is 5.11 Å². The molecule has 7 nitrogen and oxygen atoms in total. The van der Waals surface area contributed by atoms with E-state index in [4.69, 9.17) is 0 Å². The molecule has 10 heteroatoms. The summed E-state index contributed by atoms with van der Waals surface area (Å²) in [5, 5.41) is 25.2. The second-order valence-corrected chi connectivity index (χ2v) is 6.94. The second-order valence-electron chi connectivity index (χ2n) is 6.94. The van der Waals surface area contributed by atoms with Crippen molar-refractivity contribution in [3.63, 3.8) is 0 Å². The van der Waals surface area contributed by atoms with Crippen LogP contribution in [0.3, 0.4) is 0 Å². The summed E-state index contributed by atoms with van der Waals surface area (Å²) in [6.07, 6.45) is -4.28. The lowest BCUT2D eigenvalue weighted by Crippen LogP contribution is -2.62. The Hall–Kier alpha value is -2.49. The molecular weight excluding hydrogens is 367 g/mol. The Morgan fingerprint density at radius 1 is 1.37 bits per heavy atom. The number of non-ortho nitro benzene ring substituents is 1. The smallest absolute Gasteiger partial charge is 0.362 e. The number of rotatable bonds is 3. The molecule has 0 saturated heterocycles. The van der Waals surface area contributed by atoms with Gasteiger partial charge in [0, 0.05) is 17.8 Å². The van der Waals surface area contributed by atoms with Crippen molar-refractivity contribution < 1.29 is 28.0 Å². The van der Waals surface area contributed by atoms with Crippen molar-refractivity contribution in [1.29, 1.82) is 0 Å². The van der Waals surface area contributed by atoms with E-state index in [0.29, 0.717) is 18.4 Å². The van der Waals surface area contributed by atoms with E-state index >= 15 is 0 Å². The monoisotopic (exact) mass is 385 g/mol. The fourth-order valence-electron chi connectivity index (χ4n) is 3.73. The lowest BCUT2D eigenvalue weighted by atomic mass is 9.75. The Balaban J connectivity index is 1.90. The topological polar surface area (TPSA) is 96.0 Å². The molecule has 1 aromatic rings. The van der Waals surface area contributed by atoms with Crippen LogP contribution in [0.2, 0.25) is 0 Å². The van der Waals surface area contributed by atoms with Gasteiger partial charge in [0.15, 0.2) is 0 Å². The molecular formula is C17H18F3N3O4. The molecule has 146 valence electrons. The Labute approximate surface area is 152 Å². The summed E-state index contributed by atoms with van der Waals surface area (Å²) < 4.78 is 41.2. The van der Waals surface area contributed by atoms with Crippen LogP contribution in [0.5, 0.6) is 0 Å². The van der Waals surface area contributed by atoms with Crippen molar-refractivity contribution in [1.82, 2.24) is 5.01 Å². The number of amides is 1. The van der Waals surface area contributed by atoms with E-state index in [2.05, 4.69) is 5.10 Å². The van der Waals surface area contributed by atoms with Crippen LogP contribution in [-0.4, -0.2) is 38.6 Å². The highest BCUT2D eigenvalue weighted by Gasteiger charge is 2.68. The number of carbonyl (C=O) groups excluding carboxylic acids is 1. The molecule has 1 aliphatic carbocycles. The number of aliphatic hydroxyl groups is 1. The lowest BCUT2D eigenvalue weighted by molar-refractivity contribution is -0.384. The maximum atomic E-state index is 13.7. The molecule has 0 bridgehead atoms. The van der Waals surface area contributed by atoms with E-state index in [-0.39, 0.29) is 28.7 Å². The first-order chi connectivity index (χ1) is 12.6. The minimum absolute atomic E-state index is 0.0977. The molecule has 3 rings (SSSR count). The van der Waals surface area contributed by atoms with Crippen LogP contribution in [0.4, 0.5) is 18.9 Å². The van der Waals surface area contributed by atoms with E-state index in [9.17, 15) is 33.2 Å². The minimum Gasteiger partial charge on any atom is -0.362 e. The summed E-state index contributed by atoms with van der Waals surface area (Å²) in [5.41, 5.74) is -3.08. The zero-order valence-electron chi connectivity index (χ0n) is 14.4. The Morgan fingerprint density at radius 2 is 2.00 bits per heavy atom. The largest absolute Gasteiger partial charge is 0.439 e. The second kappa shape index (κ2) is 6.59. The normalized spacial score (nSPS) is 27.9. The van der Waals surface area contributed by atoms with Crippen molar-refractivity contribution in [3.8, 4) is 0 Å². The van der Waals surface area contributed by atoms with Gasteiger partial charge in [-0.05, 0) is 24.3 Å². The van der Waals surface area contributed by atoms with Gasteiger partial charge in [0.2, 0.25) is 5.91 Å². The average molecular weight is 385 g/mol. The Bertz CT molecular complexity index is 794. The quantitative estimate of drug-likeness (QED) is 0.639. The van der Waals surface area contributed by atoms with Crippen LogP contribution in [-0.2, 0) is 11.2 Å². The molecule has 1 fully saturated rings. The molecule has 0 unspecified atom stereocenters. The zero-order valence-corrected chi connectivity index (χ0v) is 14.4. The third-order valence-corrected chi connectivity index (χ3v) is 5.17. The number of nitrogens with zero attached hydrogens (tertiary/aromatic N) is 3. The molecule has 1 saturated carbocycles. The van der Waals surface area contributed by atoms with Crippen molar-refractivity contribution >= 4 is 17.3 Å². The highest BCUT2D eigenvalue weighted by molar-refractivity contribution is 5.95. The first-order valence-corrected chi connectivity index (χ1v) is 8.49. The van der Waals surface area contributed by atoms with Crippen molar-refractivity contribution in [2.45, 2.75) is 44.5 Å². The van der Waals surface area contributed by atoms with Gasteiger partial charge >= 0.3 is 6.18 Å². The molecule has 0 aromatic heterocycles. The molecule has 0 radical (unpaired) electrons. The van der Waals surface area contributed by atoms with Gasteiger partial charge in [-0.15, -0.1) is 0 Å². The SMILES string of the molecule is C[C@@H]1CCC[C@H]2C1=NN(C(=O)Cc1ccc([N+](=O)[O-])cc1)[C@@]2(O)C(F)(F)F. The first-order valence-electron chi connectivity index (χ1n) is 8.49. The standard InChI is InChI=1S/C17H18F3N3O4/c1-10-3-2-4-13-15(10)21-22(16(13,25)17(18,19)20)14(24)9-11-5-7-12(8-6-11)23(26)27/h5-8,10,13,25H,2-4,9H2,1H3/t10-,13+,16+/m1/s1. The zero-order chi connectivity index (χ0) is 20.0. The van der Waals surface area contributed by atoms with Crippen LogP contribution >= 0.6 is 0 Å². The van der Waals surface area contributed by atoms with Gasteiger partial charge in [-0.2, -0.15) is 23.3 Å². The summed E-state index contributed by atoms with van der Waals surface area (Å²) in [5.74, 6) is -2.55. The van der Waals surface area contributed by atoms with Gasteiger partial charge in [-0.25, -0.2) is 0 Å². The van der Waals surface area contributed by atoms with Crippen LogP contribution in [0.25, 0.3) is 0 Å². The number of hydrogen-bond donors (Lipinski definition) is 1. The first kappa shape index (κ1) is 19.3. The van der Waals surface area contributed by atoms with Crippen molar-refractivity contribution in [2.24, 2.45) is 16.9 Å². The third-order valence-electron chi connectivity index (χ3n) is 5.17. The number of nitro benzene ring substituents is 1. The van der Waals surface area contributed by atoms with Gasteiger partial charge in [0.25, 0.3) is 11.4 Å². The number of halogens is 3. The number of benzene rings is 1. The Morgan fingerprint density at radius 3 is 2.56 bits per heavy atom. The molecule has 1 heterocycles. The molecule has 1 amide bonds. The van der Waals surface area contributed by atoms with Crippen LogP contribution in [0, 0.1) is 22.0 Å². The fraction of sp³-hybridized carbons (Fsp3) is 0.529. The van der Waals surface area contributed by atoms with Gasteiger partial charge in [-0.3, -0.25) is 14.9 Å². The maximum absolute atomic E-state index is 13.7. The molecule has 27 heavy (non-hydrogen) atoms. The maximum Gasteiger partial charge on any atom is 0.439 e. The van der Waals surface area contributed by atoms with Gasteiger partial charge in [-0.1, -0.05) is 25.5 Å². The number of hydrogen-bond acceptors (Lipinski definition) is 5. The van der Waals surface area contributed by atoms with E-state index < -0.39 is 35.1 Å². The van der Waals surface area contributed by atoms with E-state index in [0.717, 1.165) is 12.1 Å². The molecule has 0 spiro atoms. The van der Waals surface area contributed by atoms with Crippen LogP contribution < -0.4 is 0 Å². The number of carbonyl (C=O) groups is 1. The molecule has 1 aliphatic heterocycles. The van der Waals surface area contributed by atoms with Crippen molar-refractivity contribution in [2.75, 3.05) is 0 Å². The fourth-order valence-corrected chi connectivity index (χ4v) is 3.73. The predicted molar refractivity (Wildman–Crippen MR) is 88.6 cm³/mol. The number of fused-ring (bicyclic) bond motifs is 1. The van der Waals surface area contributed by atoms with E-state index in [1.54, 1.807) is 6.92 Å². The highest BCUT2D eigenvalue weighted by Crippen LogP contribution is 2.49. The summed E-state index contributed by atoms with van der Waals surface area (Å²) in [4.78, 5) is 22.6. The predicted octanol–water partition coefficient (Wildman–Crippen LogP) is 3.02. The number of hydrazone groups is 1. The van der Waals surface area contributed by atoms with E-state index in [1.165, 1.54) is 12.1 Å². The average Bonchev–Trinajstić information content (AvgIpc) is 2.91. The highest BCUT2D eigenvalue weighted by atomic mass is 19.4. The molecule has 3 atom stereocenters. The van der Waals surface area contributed by atoms with Gasteiger partial charge in [0.1, 0.15) is 0 Å². The van der Waals surface area contributed by atoms with Crippen LogP contribution in [0.1, 0.15) is 31.7 Å². The minimum atomic E-state index is -5.06. The lowest BCUT2D eigenvalue weighted by Gasteiger charge is -2.39. The summed E-state index contributed by atoms with van der Waals surface area (Å²) in [6.45, 7) is 1.73. The Kier molecular flexibility index (Phi) is 4.71. The van der Waals surface area contributed by atoms with Crippen molar-refractivity contribution in [3.05, 3.63) is 39.9 Å². The molecule has 2 aliphatic rings.